The lowest BCUT2D eigenvalue weighted by Gasteiger charge is -2.18. The molecule has 0 saturated carbocycles. The number of rotatable bonds is 3. The molecule has 0 saturated heterocycles. The van der Waals surface area contributed by atoms with Crippen LogP contribution in [0.2, 0.25) is 0 Å². The fourth-order valence-electron chi connectivity index (χ4n) is 2.58. The number of nitrogens with one attached hydrogen (secondary N) is 1. The normalized spacial score (nSPS) is 18.6. The van der Waals surface area contributed by atoms with Crippen molar-refractivity contribution in [3.05, 3.63) is 59.6 Å². The van der Waals surface area contributed by atoms with E-state index in [0.29, 0.717) is 5.92 Å². The van der Waals surface area contributed by atoms with Crippen LogP contribution in [0, 0.1) is 5.92 Å². The Morgan fingerprint density at radius 1 is 1.20 bits per heavy atom. The highest BCUT2D eigenvalue weighted by Crippen LogP contribution is 2.21. The van der Waals surface area contributed by atoms with E-state index in [1.807, 2.05) is 6.07 Å². The van der Waals surface area contributed by atoms with Crippen molar-refractivity contribution in [1.29, 1.82) is 0 Å². The lowest BCUT2D eigenvalue weighted by atomic mass is 9.96. The molecule has 1 aliphatic rings. The van der Waals surface area contributed by atoms with Gasteiger partial charge in [0.1, 0.15) is 0 Å². The number of fused-ring (bicyclic) bond motifs is 1. The minimum Gasteiger partial charge on any atom is -0.381 e. The van der Waals surface area contributed by atoms with E-state index in [4.69, 9.17) is 0 Å². The molecule has 3 nitrogen and oxygen atoms in total. The lowest BCUT2D eigenvalue weighted by molar-refractivity contribution is 0.696. The topological polar surface area (TPSA) is 37.8 Å². The highest BCUT2D eigenvalue weighted by Gasteiger charge is 2.09. The maximum atomic E-state index is 4.35. The van der Waals surface area contributed by atoms with Crippen LogP contribution in [0.3, 0.4) is 0 Å². The van der Waals surface area contributed by atoms with Crippen LogP contribution in [0.1, 0.15) is 25.8 Å². The molecule has 0 spiro atoms. The van der Waals surface area contributed by atoms with Crippen LogP contribution >= 0.6 is 0 Å². The third-order valence-corrected chi connectivity index (χ3v) is 3.67. The van der Waals surface area contributed by atoms with Crippen molar-refractivity contribution < 1.29 is 0 Å². The van der Waals surface area contributed by atoms with E-state index in [1.54, 1.807) is 12.4 Å². The van der Waals surface area contributed by atoms with Gasteiger partial charge in [-0.05, 0) is 42.5 Å². The van der Waals surface area contributed by atoms with Gasteiger partial charge in [-0.2, -0.15) is 0 Å². The smallest absolute Gasteiger partial charge is 0.0890 e. The Kier molecular flexibility index (Phi) is 3.50. The van der Waals surface area contributed by atoms with Gasteiger partial charge in [-0.1, -0.05) is 25.1 Å². The van der Waals surface area contributed by atoms with Crippen molar-refractivity contribution in [2.24, 2.45) is 5.92 Å². The van der Waals surface area contributed by atoms with Crippen molar-refractivity contribution in [2.45, 2.75) is 26.8 Å². The van der Waals surface area contributed by atoms with Crippen molar-refractivity contribution in [2.75, 3.05) is 0 Å². The van der Waals surface area contributed by atoms with E-state index in [9.17, 15) is 0 Å². The average Bonchev–Trinajstić information content (AvgIpc) is 2.46. The standard InChI is InChI=1S/C17H19N3/c1-12-3-5-15(13(2)9-12)20-11-14-4-6-16-17(10-14)19-8-7-18-16/h4-10,12,20H,3,11H2,1-2H3. The van der Waals surface area contributed by atoms with Gasteiger partial charge in [0.25, 0.3) is 0 Å². The van der Waals surface area contributed by atoms with Gasteiger partial charge >= 0.3 is 0 Å². The van der Waals surface area contributed by atoms with Crippen LogP contribution in [-0.4, -0.2) is 9.97 Å². The zero-order valence-corrected chi connectivity index (χ0v) is 11.9. The second-order valence-electron chi connectivity index (χ2n) is 5.41. The zero-order chi connectivity index (χ0) is 13.9. The van der Waals surface area contributed by atoms with E-state index in [-0.39, 0.29) is 0 Å². The number of hydrogen-bond acceptors (Lipinski definition) is 3. The summed E-state index contributed by atoms with van der Waals surface area (Å²) >= 11 is 0. The first kappa shape index (κ1) is 12.9. The van der Waals surface area contributed by atoms with Crippen LogP contribution in [0.4, 0.5) is 0 Å². The van der Waals surface area contributed by atoms with Gasteiger partial charge in [-0.25, -0.2) is 0 Å². The minimum absolute atomic E-state index is 0.650. The second kappa shape index (κ2) is 5.45. The molecule has 1 aromatic carbocycles. The Balaban J connectivity index is 1.73. The molecule has 1 atom stereocenters. The summed E-state index contributed by atoms with van der Waals surface area (Å²) in [5.74, 6) is 0.650. The first-order valence-electron chi connectivity index (χ1n) is 7.05. The quantitative estimate of drug-likeness (QED) is 0.921. The second-order valence-corrected chi connectivity index (χ2v) is 5.41. The lowest BCUT2D eigenvalue weighted by Crippen LogP contribution is -2.16. The first-order valence-corrected chi connectivity index (χ1v) is 7.05. The van der Waals surface area contributed by atoms with Crippen molar-refractivity contribution in [3.63, 3.8) is 0 Å². The fourth-order valence-corrected chi connectivity index (χ4v) is 2.58. The number of hydrogen-bond donors (Lipinski definition) is 1. The van der Waals surface area contributed by atoms with Gasteiger partial charge in [0, 0.05) is 24.6 Å². The van der Waals surface area contributed by atoms with Crippen molar-refractivity contribution >= 4 is 11.0 Å². The molecule has 2 aromatic rings. The molecule has 1 aromatic heterocycles. The summed E-state index contributed by atoms with van der Waals surface area (Å²) in [4.78, 5) is 8.63. The molecule has 102 valence electrons. The predicted molar refractivity (Wildman–Crippen MR) is 82.0 cm³/mol. The maximum absolute atomic E-state index is 4.35. The van der Waals surface area contributed by atoms with E-state index in [2.05, 4.69) is 53.4 Å². The van der Waals surface area contributed by atoms with Gasteiger partial charge in [0.2, 0.25) is 0 Å². The minimum atomic E-state index is 0.650. The highest BCUT2D eigenvalue weighted by molar-refractivity contribution is 5.74. The summed E-state index contributed by atoms with van der Waals surface area (Å²) in [6.07, 6.45) is 9.19. The molecule has 20 heavy (non-hydrogen) atoms. The molecular weight excluding hydrogens is 246 g/mol. The van der Waals surface area contributed by atoms with E-state index >= 15 is 0 Å². The van der Waals surface area contributed by atoms with Crippen LogP contribution in [0.15, 0.2) is 54.0 Å². The molecule has 0 fully saturated rings. The first-order chi connectivity index (χ1) is 9.72. The highest BCUT2D eigenvalue weighted by atomic mass is 14.9. The Bertz CT molecular complexity index is 685. The van der Waals surface area contributed by atoms with Gasteiger partial charge in [-0.3, -0.25) is 9.97 Å². The molecule has 1 aliphatic carbocycles. The van der Waals surface area contributed by atoms with Crippen LogP contribution < -0.4 is 5.32 Å². The summed E-state index contributed by atoms with van der Waals surface area (Å²) in [6, 6.07) is 6.23. The zero-order valence-electron chi connectivity index (χ0n) is 11.9. The van der Waals surface area contributed by atoms with Crippen molar-refractivity contribution in [3.8, 4) is 0 Å². The molecule has 1 heterocycles. The third kappa shape index (κ3) is 2.72. The summed E-state index contributed by atoms with van der Waals surface area (Å²) in [5, 5.41) is 3.52. The molecule has 0 aliphatic heterocycles. The van der Waals surface area contributed by atoms with Crippen LogP contribution in [-0.2, 0) is 6.54 Å². The van der Waals surface area contributed by atoms with Crippen LogP contribution in [0.25, 0.3) is 11.0 Å². The van der Waals surface area contributed by atoms with E-state index < -0.39 is 0 Å². The monoisotopic (exact) mass is 265 g/mol. The molecule has 0 radical (unpaired) electrons. The third-order valence-electron chi connectivity index (χ3n) is 3.67. The SMILES string of the molecule is CC1=CC(C)CC=C1NCc1ccc2nccnc2c1. The van der Waals surface area contributed by atoms with Gasteiger partial charge in [-0.15, -0.1) is 0 Å². The molecule has 1 N–H and O–H groups in total. The van der Waals surface area contributed by atoms with E-state index in [1.165, 1.54) is 16.8 Å². The maximum Gasteiger partial charge on any atom is 0.0890 e. The Labute approximate surface area is 119 Å². The number of nitrogens with zero attached hydrogens (tertiary/aromatic N) is 2. The van der Waals surface area contributed by atoms with Crippen LogP contribution in [0.5, 0.6) is 0 Å². The Hall–Kier alpha value is -2.16. The number of allylic oxidation sites excluding steroid dienone is 3. The molecular formula is C17H19N3. The largest absolute Gasteiger partial charge is 0.381 e. The van der Waals surface area contributed by atoms with Crippen molar-refractivity contribution in [1.82, 2.24) is 15.3 Å². The summed E-state index contributed by atoms with van der Waals surface area (Å²) in [7, 11) is 0. The summed E-state index contributed by atoms with van der Waals surface area (Å²) in [5.41, 5.74) is 5.71. The fraction of sp³-hybridized carbons (Fsp3) is 0.294. The summed E-state index contributed by atoms with van der Waals surface area (Å²) < 4.78 is 0. The average molecular weight is 265 g/mol. The summed E-state index contributed by atoms with van der Waals surface area (Å²) in [6.45, 7) is 5.23. The molecule has 1 unspecified atom stereocenters. The Morgan fingerprint density at radius 2 is 2.00 bits per heavy atom. The molecule has 3 rings (SSSR count). The van der Waals surface area contributed by atoms with Gasteiger partial charge in [0.05, 0.1) is 11.0 Å². The number of aromatic nitrogens is 2. The Morgan fingerprint density at radius 3 is 2.80 bits per heavy atom. The van der Waals surface area contributed by atoms with Gasteiger partial charge in [0.15, 0.2) is 0 Å². The number of benzene rings is 1. The predicted octanol–water partition coefficient (Wildman–Crippen LogP) is 3.59. The molecule has 3 heteroatoms. The van der Waals surface area contributed by atoms with Gasteiger partial charge < -0.3 is 5.32 Å². The molecule has 0 bridgehead atoms. The molecule has 0 amide bonds. The van der Waals surface area contributed by atoms with E-state index in [0.717, 1.165) is 24.0 Å².